The molecule has 0 amide bonds. The van der Waals surface area contributed by atoms with E-state index in [1.807, 2.05) is 30.1 Å². The Morgan fingerprint density at radius 3 is 2.68 bits per heavy atom. The normalized spacial score (nSPS) is 20.9. The molecule has 0 saturated carbocycles. The number of hydrogen-bond donors (Lipinski definition) is 0. The Morgan fingerprint density at radius 1 is 1.12 bits per heavy atom. The molecule has 0 aromatic carbocycles. The van der Waals surface area contributed by atoms with E-state index in [0.717, 1.165) is 28.3 Å². The molecule has 3 heterocycles. The van der Waals surface area contributed by atoms with Gasteiger partial charge in [0, 0.05) is 47.9 Å². The van der Waals surface area contributed by atoms with Crippen molar-refractivity contribution in [3.05, 3.63) is 71.5 Å². The van der Waals surface area contributed by atoms with Crippen LogP contribution < -0.4 is 4.90 Å². The minimum absolute atomic E-state index is 0.105. The highest BCUT2D eigenvalue weighted by Crippen LogP contribution is 2.45. The molecule has 2 aromatic rings. The number of ketones is 1. The number of anilines is 1. The molecule has 2 aliphatic rings. The molecule has 5 heteroatoms. The molecule has 0 N–H and O–H groups in total. The van der Waals surface area contributed by atoms with Crippen LogP contribution in [0.3, 0.4) is 0 Å². The molecule has 25 heavy (non-hydrogen) atoms. The summed E-state index contributed by atoms with van der Waals surface area (Å²) in [6, 6.07) is 7.72. The summed E-state index contributed by atoms with van der Waals surface area (Å²) in [7, 11) is 1.98. The van der Waals surface area contributed by atoms with Crippen molar-refractivity contribution in [3.8, 4) is 0 Å². The third-order valence-electron chi connectivity index (χ3n) is 4.81. The maximum absolute atomic E-state index is 12.3. The Morgan fingerprint density at radius 2 is 1.88 bits per heavy atom. The van der Waals surface area contributed by atoms with E-state index in [1.54, 1.807) is 24.7 Å². The zero-order chi connectivity index (χ0) is 17.6. The topological polar surface area (TPSA) is 58.5 Å². The molecule has 0 fully saturated rings. The Bertz CT molecular complexity index is 969. The summed E-state index contributed by atoms with van der Waals surface area (Å²) >= 11 is 0. The number of nitrogens with zero attached hydrogens (tertiary/aromatic N) is 4. The highest BCUT2D eigenvalue weighted by Gasteiger charge is 2.39. The van der Waals surface area contributed by atoms with Crippen molar-refractivity contribution in [3.63, 3.8) is 0 Å². The van der Waals surface area contributed by atoms with E-state index in [0.29, 0.717) is 5.71 Å². The second-order valence-corrected chi connectivity index (χ2v) is 6.68. The lowest BCUT2D eigenvalue weighted by Crippen LogP contribution is -2.23. The lowest BCUT2D eigenvalue weighted by molar-refractivity contribution is -0.108. The van der Waals surface area contributed by atoms with Crippen LogP contribution in [0.1, 0.15) is 30.7 Å². The molecule has 1 aliphatic heterocycles. The van der Waals surface area contributed by atoms with Gasteiger partial charge in [-0.3, -0.25) is 14.8 Å². The number of fused-ring (bicyclic) bond motifs is 2. The fraction of sp³-hybridized carbons (Fsp3) is 0.200. The van der Waals surface area contributed by atoms with E-state index in [9.17, 15) is 4.79 Å². The number of aromatic nitrogens is 2. The maximum atomic E-state index is 12.3. The third-order valence-corrected chi connectivity index (χ3v) is 4.81. The van der Waals surface area contributed by atoms with Gasteiger partial charge in [-0.1, -0.05) is 19.9 Å². The van der Waals surface area contributed by atoms with E-state index >= 15 is 0 Å². The van der Waals surface area contributed by atoms with Crippen molar-refractivity contribution >= 4 is 23.4 Å². The predicted octanol–water partition coefficient (Wildman–Crippen LogP) is 3.13. The number of likely N-dealkylation sites (N-methyl/N-ethyl adjacent to an activating group) is 1. The first-order chi connectivity index (χ1) is 12.0. The first-order valence-electron chi connectivity index (χ1n) is 8.15. The second-order valence-electron chi connectivity index (χ2n) is 6.68. The van der Waals surface area contributed by atoms with E-state index in [4.69, 9.17) is 0 Å². The van der Waals surface area contributed by atoms with E-state index < -0.39 is 0 Å². The number of carbonyl (C=O) groups excluding carboxylic acids is 1. The molecule has 5 nitrogen and oxygen atoms in total. The van der Waals surface area contributed by atoms with Crippen LogP contribution in [0.25, 0.3) is 6.08 Å². The quantitative estimate of drug-likeness (QED) is 0.806. The number of carbonyl (C=O) groups is 1. The van der Waals surface area contributed by atoms with Gasteiger partial charge in [-0.15, -0.1) is 0 Å². The van der Waals surface area contributed by atoms with Crippen molar-refractivity contribution in [2.75, 3.05) is 11.9 Å². The third kappa shape index (κ3) is 2.31. The van der Waals surface area contributed by atoms with E-state index in [-0.39, 0.29) is 11.2 Å². The van der Waals surface area contributed by atoms with Crippen LogP contribution in [0.2, 0.25) is 0 Å². The Kier molecular flexibility index (Phi) is 3.39. The van der Waals surface area contributed by atoms with Crippen LogP contribution in [0.5, 0.6) is 0 Å². The second kappa shape index (κ2) is 5.48. The molecular formula is C20H18N4O. The van der Waals surface area contributed by atoms with Gasteiger partial charge in [-0.2, -0.15) is 0 Å². The van der Waals surface area contributed by atoms with Crippen LogP contribution in [0, 0.1) is 0 Å². The average Bonchev–Trinajstić information content (AvgIpc) is 2.81. The highest BCUT2D eigenvalue weighted by molar-refractivity contribution is 6.52. The number of allylic oxidation sites excluding steroid dienone is 2. The fourth-order valence-corrected chi connectivity index (χ4v) is 3.45. The molecule has 2 aromatic heterocycles. The van der Waals surface area contributed by atoms with Crippen LogP contribution in [0.4, 0.5) is 5.82 Å². The predicted molar refractivity (Wildman–Crippen MR) is 98.6 cm³/mol. The Hall–Kier alpha value is -3.08. The number of pyridine rings is 2. The summed E-state index contributed by atoms with van der Waals surface area (Å²) in [4.78, 5) is 27.7. The average molecular weight is 330 g/mol. The summed E-state index contributed by atoms with van der Waals surface area (Å²) < 4.78 is 0. The van der Waals surface area contributed by atoms with Gasteiger partial charge in [0.05, 0.1) is 5.69 Å². The molecule has 0 bridgehead atoms. The molecule has 0 saturated heterocycles. The summed E-state index contributed by atoms with van der Waals surface area (Å²) in [5.41, 5.74) is 3.88. The highest BCUT2D eigenvalue weighted by atomic mass is 16.1. The standard InChI is InChI=1S/C20H18N4O/c1-20(2)14-7-5-11-22-19(14)24(3)17(20)12-23-18-13-6-4-10-21-15(13)8-9-16(18)25/h4-12H,1-3H3/b17-12-,23-18?. The van der Waals surface area contributed by atoms with Gasteiger partial charge in [0.2, 0.25) is 5.78 Å². The van der Waals surface area contributed by atoms with E-state index in [1.165, 1.54) is 6.08 Å². The fourth-order valence-electron chi connectivity index (χ4n) is 3.45. The van der Waals surface area contributed by atoms with Crippen LogP contribution >= 0.6 is 0 Å². The van der Waals surface area contributed by atoms with Gasteiger partial charge in [0.1, 0.15) is 11.5 Å². The zero-order valence-electron chi connectivity index (χ0n) is 14.4. The summed E-state index contributed by atoms with van der Waals surface area (Å²) in [5.74, 6) is 0.822. The molecule has 4 rings (SSSR count). The first kappa shape index (κ1) is 15.4. The SMILES string of the molecule is CN1/C(=C\N=C2C(=O)C=Cc3ncccc32)C(C)(C)c2cccnc21. The van der Waals surface area contributed by atoms with Crippen LogP contribution in [0.15, 0.2) is 59.6 Å². The van der Waals surface area contributed by atoms with Gasteiger partial charge in [-0.05, 0) is 30.4 Å². The molecule has 124 valence electrons. The minimum atomic E-state index is -0.228. The van der Waals surface area contributed by atoms with Crippen molar-refractivity contribution in [1.29, 1.82) is 0 Å². The molecule has 0 spiro atoms. The molecule has 0 radical (unpaired) electrons. The smallest absolute Gasteiger partial charge is 0.204 e. The monoisotopic (exact) mass is 330 g/mol. The van der Waals surface area contributed by atoms with Gasteiger partial charge >= 0.3 is 0 Å². The maximum Gasteiger partial charge on any atom is 0.204 e. The first-order valence-corrected chi connectivity index (χ1v) is 8.15. The van der Waals surface area contributed by atoms with Crippen molar-refractivity contribution in [2.24, 2.45) is 4.99 Å². The van der Waals surface area contributed by atoms with Crippen molar-refractivity contribution in [2.45, 2.75) is 19.3 Å². The summed E-state index contributed by atoms with van der Waals surface area (Å²) in [6.07, 6.45) is 8.54. The van der Waals surface area contributed by atoms with Crippen LogP contribution in [-0.2, 0) is 10.2 Å². The van der Waals surface area contributed by atoms with Gasteiger partial charge < -0.3 is 4.90 Å². The largest absolute Gasteiger partial charge is 0.331 e. The Balaban J connectivity index is 1.81. The lowest BCUT2D eigenvalue weighted by Gasteiger charge is -2.22. The lowest BCUT2D eigenvalue weighted by atomic mass is 9.85. The molecule has 0 unspecified atom stereocenters. The van der Waals surface area contributed by atoms with Gasteiger partial charge in [0.25, 0.3) is 0 Å². The van der Waals surface area contributed by atoms with E-state index in [2.05, 4.69) is 34.9 Å². The van der Waals surface area contributed by atoms with Gasteiger partial charge in [-0.25, -0.2) is 4.98 Å². The van der Waals surface area contributed by atoms with Crippen molar-refractivity contribution in [1.82, 2.24) is 9.97 Å². The van der Waals surface area contributed by atoms with Crippen LogP contribution in [-0.4, -0.2) is 28.5 Å². The number of aliphatic imine (C=N–C) groups is 1. The Labute approximate surface area is 146 Å². The zero-order valence-corrected chi connectivity index (χ0v) is 14.4. The molecule has 0 atom stereocenters. The molecule has 1 aliphatic carbocycles. The van der Waals surface area contributed by atoms with Gasteiger partial charge in [0.15, 0.2) is 0 Å². The summed E-state index contributed by atoms with van der Waals surface area (Å²) in [6.45, 7) is 4.28. The molecular weight excluding hydrogens is 312 g/mol. The minimum Gasteiger partial charge on any atom is -0.331 e. The summed E-state index contributed by atoms with van der Waals surface area (Å²) in [5, 5.41) is 0. The van der Waals surface area contributed by atoms with Crippen molar-refractivity contribution < 1.29 is 4.79 Å². The number of rotatable bonds is 1. The number of hydrogen-bond acceptors (Lipinski definition) is 5.